The maximum absolute atomic E-state index is 9.18. The van der Waals surface area contributed by atoms with E-state index in [0.29, 0.717) is 0 Å². The van der Waals surface area contributed by atoms with Gasteiger partial charge in [-0.15, -0.1) is 0 Å². The number of aromatic hydroxyl groups is 1. The van der Waals surface area contributed by atoms with Gasteiger partial charge >= 0.3 is 6.01 Å². The van der Waals surface area contributed by atoms with Gasteiger partial charge in [-0.05, 0) is 12.5 Å². The van der Waals surface area contributed by atoms with Crippen molar-refractivity contribution in [3.05, 3.63) is 42.1 Å². The minimum atomic E-state index is -0.186. The molecule has 0 aliphatic carbocycles. The van der Waals surface area contributed by atoms with Crippen LogP contribution in [0.4, 0.5) is 0 Å². The third kappa shape index (κ3) is 1.57. The van der Waals surface area contributed by atoms with Crippen molar-refractivity contribution in [2.24, 2.45) is 0 Å². The molecule has 1 heterocycles. The first-order valence-corrected chi connectivity index (χ1v) is 4.35. The van der Waals surface area contributed by atoms with Gasteiger partial charge in [-0.3, -0.25) is 0 Å². The lowest BCUT2D eigenvalue weighted by atomic mass is 10.1. The van der Waals surface area contributed by atoms with E-state index < -0.39 is 0 Å². The van der Waals surface area contributed by atoms with Gasteiger partial charge in [0.15, 0.2) is 0 Å². The Balaban J connectivity index is 2.57. The Morgan fingerprint density at radius 3 is 2.57 bits per heavy atom. The first kappa shape index (κ1) is 8.69. The molecule has 2 rings (SSSR count). The Bertz CT molecular complexity index is 440. The third-order valence-electron chi connectivity index (χ3n) is 2.01. The van der Waals surface area contributed by atoms with E-state index in [0.717, 1.165) is 16.8 Å². The Morgan fingerprint density at radius 1 is 1.14 bits per heavy atom. The number of aromatic nitrogens is 2. The quantitative estimate of drug-likeness (QED) is 0.742. The Kier molecular flexibility index (Phi) is 2.14. The van der Waals surface area contributed by atoms with Crippen molar-refractivity contribution >= 4 is 0 Å². The van der Waals surface area contributed by atoms with Crippen LogP contribution in [-0.2, 0) is 0 Å². The zero-order valence-electron chi connectivity index (χ0n) is 7.81. The molecule has 0 fully saturated rings. The molecule has 0 spiro atoms. The van der Waals surface area contributed by atoms with E-state index in [1.165, 1.54) is 0 Å². The van der Waals surface area contributed by atoms with E-state index >= 15 is 0 Å². The molecule has 3 nitrogen and oxygen atoms in total. The summed E-state index contributed by atoms with van der Waals surface area (Å²) in [6.07, 6.45) is 1.62. The molecule has 0 unspecified atom stereocenters. The molecule has 1 aromatic heterocycles. The molecule has 0 atom stereocenters. The lowest BCUT2D eigenvalue weighted by molar-refractivity contribution is 0.430. The van der Waals surface area contributed by atoms with E-state index in [1.807, 2.05) is 37.3 Å². The van der Waals surface area contributed by atoms with Gasteiger partial charge in [0, 0.05) is 11.8 Å². The molecular formula is C11H10N2O. The smallest absolute Gasteiger partial charge is 0.314 e. The SMILES string of the molecule is Cc1cnc(O)nc1-c1ccccc1. The topological polar surface area (TPSA) is 46.0 Å². The van der Waals surface area contributed by atoms with E-state index in [4.69, 9.17) is 0 Å². The number of benzene rings is 1. The molecule has 0 aliphatic heterocycles. The summed E-state index contributed by atoms with van der Waals surface area (Å²) in [7, 11) is 0. The molecule has 1 N–H and O–H groups in total. The van der Waals surface area contributed by atoms with Crippen LogP contribution in [0.2, 0.25) is 0 Å². The van der Waals surface area contributed by atoms with Crippen molar-refractivity contribution in [1.29, 1.82) is 0 Å². The first-order chi connectivity index (χ1) is 6.77. The van der Waals surface area contributed by atoms with Crippen molar-refractivity contribution in [2.75, 3.05) is 0 Å². The summed E-state index contributed by atoms with van der Waals surface area (Å²) < 4.78 is 0. The second-order valence-electron chi connectivity index (χ2n) is 3.07. The largest absolute Gasteiger partial charge is 0.479 e. The zero-order valence-corrected chi connectivity index (χ0v) is 7.81. The first-order valence-electron chi connectivity index (χ1n) is 4.35. The van der Waals surface area contributed by atoms with Gasteiger partial charge in [0.05, 0.1) is 5.69 Å². The predicted octanol–water partition coefficient (Wildman–Crippen LogP) is 2.16. The monoisotopic (exact) mass is 186 g/mol. The van der Waals surface area contributed by atoms with Crippen LogP contribution < -0.4 is 0 Å². The lowest BCUT2D eigenvalue weighted by Crippen LogP contribution is -1.90. The van der Waals surface area contributed by atoms with Crippen LogP contribution in [-0.4, -0.2) is 15.1 Å². The highest BCUT2D eigenvalue weighted by Crippen LogP contribution is 2.21. The van der Waals surface area contributed by atoms with Crippen molar-refractivity contribution in [2.45, 2.75) is 6.92 Å². The summed E-state index contributed by atoms with van der Waals surface area (Å²) in [4.78, 5) is 7.70. The van der Waals surface area contributed by atoms with Crippen LogP contribution in [0, 0.1) is 6.92 Å². The van der Waals surface area contributed by atoms with E-state index in [2.05, 4.69) is 9.97 Å². The minimum Gasteiger partial charge on any atom is -0.479 e. The van der Waals surface area contributed by atoms with E-state index in [1.54, 1.807) is 6.20 Å². The van der Waals surface area contributed by atoms with E-state index in [9.17, 15) is 5.11 Å². The van der Waals surface area contributed by atoms with Crippen LogP contribution in [0.15, 0.2) is 36.5 Å². The van der Waals surface area contributed by atoms with Crippen molar-refractivity contribution in [3.8, 4) is 17.3 Å². The van der Waals surface area contributed by atoms with Crippen LogP contribution in [0.1, 0.15) is 5.56 Å². The number of aryl methyl sites for hydroxylation is 1. The van der Waals surface area contributed by atoms with Gasteiger partial charge < -0.3 is 5.11 Å². The zero-order chi connectivity index (χ0) is 9.97. The molecule has 2 aromatic rings. The molecule has 0 amide bonds. The number of nitrogens with zero attached hydrogens (tertiary/aromatic N) is 2. The second-order valence-corrected chi connectivity index (χ2v) is 3.07. The summed E-state index contributed by atoms with van der Waals surface area (Å²) >= 11 is 0. The third-order valence-corrected chi connectivity index (χ3v) is 2.01. The Morgan fingerprint density at radius 2 is 1.86 bits per heavy atom. The molecule has 3 heteroatoms. The molecule has 0 aliphatic rings. The average Bonchev–Trinajstić information content (AvgIpc) is 2.23. The fourth-order valence-corrected chi connectivity index (χ4v) is 1.32. The highest BCUT2D eigenvalue weighted by Gasteiger charge is 2.04. The molecule has 0 saturated carbocycles. The summed E-state index contributed by atoms with van der Waals surface area (Å²) in [5.74, 6) is 0. The maximum atomic E-state index is 9.18. The molecule has 0 saturated heterocycles. The summed E-state index contributed by atoms with van der Waals surface area (Å²) in [6, 6.07) is 9.54. The highest BCUT2D eigenvalue weighted by atomic mass is 16.3. The van der Waals surface area contributed by atoms with Gasteiger partial charge in [-0.25, -0.2) is 4.98 Å². The molecule has 14 heavy (non-hydrogen) atoms. The fourth-order valence-electron chi connectivity index (χ4n) is 1.32. The van der Waals surface area contributed by atoms with Gasteiger partial charge in [0.1, 0.15) is 0 Å². The molecule has 1 aromatic carbocycles. The number of hydrogen-bond donors (Lipinski definition) is 1. The molecule has 0 bridgehead atoms. The summed E-state index contributed by atoms with van der Waals surface area (Å²) in [5.41, 5.74) is 2.72. The minimum absolute atomic E-state index is 0.186. The Labute approximate surface area is 82.1 Å². The number of hydrogen-bond acceptors (Lipinski definition) is 3. The van der Waals surface area contributed by atoms with Crippen molar-refractivity contribution in [1.82, 2.24) is 9.97 Å². The van der Waals surface area contributed by atoms with Crippen LogP contribution in [0.25, 0.3) is 11.3 Å². The van der Waals surface area contributed by atoms with Crippen molar-refractivity contribution < 1.29 is 5.11 Å². The van der Waals surface area contributed by atoms with Crippen LogP contribution in [0.5, 0.6) is 6.01 Å². The average molecular weight is 186 g/mol. The normalized spacial score (nSPS) is 10.1. The second kappa shape index (κ2) is 3.46. The number of rotatable bonds is 1. The molecule has 70 valence electrons. The lowest BCUT2D eigenvalue weighted by Gasteiger charge is -2.03. The van der Waals surface area contributed by atoms with Crippen molar-refractivity contribution in [3.63, 3.8) is 0 Å². The summed E-state index contributed by atoms with van der Waals surface area (Å²) in [6.45, 7) is 1.92. The fraction of sp³-hybridized carbons (Fsp3) is 0.0909. The standard InChI is InChI=1S/C11H10N2O/c1-8-7-12-11(14)13-10(8)9-5-3-2-4-6-9/h2-7H,1H3,(H,12,13,14). The molecule has 0 radical (unpaired) electrons. The van der Waals surface area contributed by atoms with E-state index in [-0.39, 0.29) is 6.01 Å². The Hall–Kier alpha value is -1.90. The maximum Gasteiger partial charge on any atom is 0.314 e. The van der Waals surface area contributed by atoms with Crippen LogP contribution >= 0.6 is 0 Å². The van der Waals surface area contributed by atoms with Gasteiger partial charge in [0.2, 0.25) is 0 Å². The van der Waals surface area contributed by atoms with Gasteiger partial charge in [-0.1, -0.05) is 30.3 Å². The molecular weight excluding hydrogens is 176 g/mol. The van der Waals surface area contributed by atoms with Gasteiger partial charge in [-0.2, -0.15) is 4.98 Å². The highest BCUT2D eigenvalue weighted by molar-refractivity contribution is 5.62. The summed E-state index contributed by atoms with van der Waals surface area (Å²) in [5, 5.41) is 9.18. The predicted molar refractivity (Wildman–Crippen MR) is 53.9 cm³/mol. The van der Waals surface area contributed by atoms with Crippen LogP contribution in [0.3, 0.4) is 0 Å². The van der Waals surface area contributed by atoms with Gasteiger partial charge in [0.25, 0.3) is 0 Å².